The lowest BCUT2D eigenvalue weighted by Gasteiger charge is -2.43. The van der Waals surface area contributed by atoms with E-state index in [1.165, 1.54) is 0 Å². The van der Waals surface area contributed by atoms with Crippen molar-refractivity contribution in [1.29, 1.82) is 0 Å². The molecule has 3 N–H and O–H groups in total. The van der Waals surface area contributed by atoms with E-state index in [0.29, 0.717) is 12.4 Å². The Kier molecular flexibility index (Phi) is 5.57. The highest BCUT2D eigenvalue weighted by molar-refractivity contribution is 7.89. The van der Waals surface area contributed by atoms with Crippen LogP contribution in [0.3, 0.4) is 0 Å². The summed E-state index contributed by atoms with van der Waals surface area (Å²) in [5, 5.41) is 2.34. The number of nitrogens with one attached hydrogen (secondary N) is 1. The number of hydrogen-bond acceptors (Lipinski definition) is 3. The fourth-order valence-electron chi connectivity index (χ4n) is 4.13. The average Bonchev–Trinajstić information content (AvgIpc) is 2.38. The van der Waals surface area contributed by atoms with Gasteiger partial charge in [0.2, 0.25) is 10.0 Å². The van der Waals surface area contributed by atoms with E-state index in [1.807, 2.05) is 26.8 Å². The molecule has 142 valence electrons. The molecular formula is C19H33N2O3S+. The summed E-state index contributed by atoms with van der Waals surface area (Å²) >= 11 is 0. The summed E-state index contributed by atoms with van der Waals surface area (Å²) in [7, 11) is -3.64. The highest BCUT2D eigenvalue weighted by Crippen LogP contribution is 2.29. The number of hydrogen-bond donors (Lipinski definition) is 2. The Balaban J connectivity index is 2.35. The van der Waals surface area contributed by atoms with Crippen molar-refractivity contribution in [2.75, 3.05) is 6.61 Å². The summed E-state index contributed by atoms with van der Waals surface area (Å²) < 4.78 is 34.7. The molecule has 0 radical (unpaired) electrons. The van der Waals surface area contributed by atoms with Gasteiger partial charge in [-0.25, -0.2) is 13.1 Å². The average molecular weight is 370 g/mol. The zero-order chi connectivity index (χ0) is 19.0. The fourth-order valence-corrected chi connectivity index (χ4v) is 5.57. The van der Waals surface area contributed by atoms with E-state index in [2.05, 4.69) is 37.7 Å². The second-order valence-corrected chi connectivity index (χ2v) is 10.3. The summed E-state index contributed by atoms with van der Waals surface area (Å²) in [6, 6.07) is 3.44. The van der Waals surface area contributed by atoms with Gasteiger partial charge in [0, 0.05) is 18.9 Å². The lowest BCUT2D eigenvalue weighted by atomic mass is 9.80. The monoisotopic (exact) mass is 369 g/mol. The highest BCUT2D eigenvalue weighted by atomic mass is 32.2. The van der Waals surface area contributed by atoms with Gasteiger partial charge in [-0.05, 0) is 71.7 Å². The molecule has 0 spiro atoms. The number of aryl methyl sites for hydroxylation is 2. The first-order valence-corrected chi connectivity index (χ1v) is 10.5. The van der Waals surface area contributed by atoms with E-state index in [4.69, 9.17) is 4.74 Å². The van der Waals surface area contributed by atoms with Crippen LogP contribution in [-0.4, -0.2) is 32.1 Å². The Hall–Kier alpha value is -1.11. The minimum Gasteiger partial charge on any atom is -0.492 e. The predicted octanol–water partition coefficient (Wildman–Crippen LogP) is 2.26. The molecular weight excluding hydrogens is 336 g/mol. The summed E-state index contributed by atoms with van der Waals surface area (Å²) in [5.41, 5.74) is 1.97. The van der Waals surface area contributed by atoms with Crippen molar-refractivity contribution in [3.8, 4) is 5.75 Å². The molecule has 1 saturated heterocycles. The van der Waals surface area contributed by atoms with E-state index >= 15 is 0 Å². The van der Waals surface area contributed by atoms with Gasteiger partial charge < -0.3 is 10.1 Å². The molecule has 1 aromatic rings. The van der Waals surface area contributed by atoms with E-state index < -0.39 is 10.0 Å². The molecule has 0 aromatic heterocycles. The Morgan fingerprint density at radius 3 is 2.16 bits per heavy atom. The second kappa shape index (κ2) is 6.89. The molecule has 2 rings (SSSR count). The van der Waals surface area contributed by atoms with Crippen LogP contribution in [0, 0.1) is 13.8 Å². The van der Waals surface area contributed by atoms with Crippen molar-refractivity contribution in [2.45, 2.75) is 83.3 Å². The van der Waals surface area contributed by atoms with Crippen molar-refractivity contribution >= 4 is 10.0 Å². The zero-order valence-electron chi connectivity index (χ0n) is 16.6. The summed E-state index contributed by atoms with van der Waals surface area (Å²) in [4.78, 5) is 0.239. The number of benzene rings is 1. The molecule has 0 bridgehead atoms. The van der Waals surface area contributed by atoms with Gasteiger partial charge in [0.1, 0.15) is 10.6 Å². The van der Waals surface area contributed by atoms with Crippen molar-refractivity contribution in [3.63, 3.8) is 0 Å². The molecule has 1 aromatic carbocycles. The maximum Gasteiger partial charge on any atom is 0.244 e. The molecule has 0 unspecified atom stereocenters. The lowest BCUT2D eigenvalue weighted by Crippen LogP contribution is -3.06. The molecule has 0 atom stereocenters. The smallest absolute Gasteiger partial charge is 0.244 e. The summed E-state index contributed by atoms with van der Waals surface area (Å²) in [6.07, 6.45) is 1.59. The molecule has 1 fully saturated rings. The maximum atomic E-state index is 13.1. The fraction of sp³-hybridized carbons (Fsp3) is 0.684. The maximum absolute atomic E-state index is 13.1. The van der Waals surface area contributed by atoms with Crippen LogP contribution in [0.5, 0.6) is 5.75 Å². The molecule has 1 aliphatic heterocycles. The standard InChI is InChI=1S/C19H32N2O3S/c1-8-24-16-9-13(2)14(3)10-17(16)25(22,23)20-15-11-18(4,5)21-19(6,7)12-15/h9-10,15,20-21H,8,11-12H2,1-7H3/p+1. The first-order chi connectivity index (χ1) is 11.4. The first kappa shape index (κ1) is 20.2. The largest absolute Gasteiger partial charge is 0.492 e. The molecule has 0 amide bonds. The number of ether oxygens (including phenoxy) is 1. The number of piperidine rings is 1. The summed E-state index contributed by atoms with van der Waals surface area (Å²) in [5.74, 6) is 0.430. The van der Waals surface area contributed by atoms with Crippen LogP contribution in [-0.2, 0) is 10.0 Å². The molecule has 1 heterocycles. The van der Waals surface area contributed by atoms with E-state index in [1.54, 1.807) is 6.07 Å². The van der Waals surface area contributed by atoms with Crippen molar-refractivity contribution in [2.24, 2.45) is 0 Å². The minimum absolute atomic E-state index is 0.000871. The van der Waals surface area contributed by atoms with E-state index in [-0.39, 0.29) is 22.0 Å². The Bertz CT molecular complexity index is 723. The Morgan fingerprint density at radius 1 is 1.12 bits per heavy atom. The van der Waals surface area contributed by atoms with E-state index in [0.717, 1.165) is 24.0 Å². The van der Waals surface area contributed by atoms with Crippen LogP contribution in [0.2, 0.25) is 0 Å². The minimum atomic E-state index is -3.64. The number of nitrogens with two attached hydrogens (primary N) is 1. The second-order valence-electron chi connectivity index (χ2n) is 8.66. The van der Waals surface area contributed by atoms with Crippen molar-refractivity contribution < 1.29 is 18.5 Å². The SMILES string of the molecule is CCOc1cc(C)c(C)cc1S(=O)(=O)NC1CC(C)(C)[NH2+]C(C)(C)C1. The molecule has 5 nitrogen and oxygen atoms in total. The lowest BCUT2D eigenvalue weighted by molar-refractivity contribution is -0.787. The van der Waals surface area contributed by atoms with Crippen LogP contribution >= 0.6 is 0 Å². The van der Waals surface area contributed by atoms with Gasteiger partial charge >= 0.3 is 0 Å². The van der Waals surface area contributed by atoms with Crippen LogP contribution in [0.15, 0.2) is 17.0 Å². The zero-order valence-corrected chi connectivity index (χ0v) is 17.4. The van der Waals surface area contributed by atoms with Crippen LogP contribution < -0.4 is 14.8 Å². The highest BCUT2D eigenvalue weighted by Gasteiger charge is 2.43. The van der Waals surface area contributed by atoms with Crippen molar-refractivity contribution in [1.82, 2.24) is 4.72 Å². The molecule has 6 heteroatoms. The third kappa shape index (κ3) is 4.96. The first-order valence-electron chi connectivity index (χ1n) is 8.99. The van der Waals surface area contributed by atoms with Gasteiger partial charge in [0.25, 0.3) is 0 Å². The van der Waals surface area contributed by atoms with Gasteiger partial charge in [0.05, 0.1) is 17.7 Å². The summed E-state index contributed by atoms with van der Waals surface area (Å²) in [6.45, 7) is 14.8. The molecule has 0 aliphatic carbocycles. The van der Waals surface area contributed by atoms with Gasteiger partial charge in [-0.1, -0.05) is 0 Å². The predicted molar refractivity (Wildman–Crippen MR) is 101 cm³/mol. The number of rotatable bonds is 5. The van der Waals surface area contributed by atoms with Gasteiger partial charge in [-0.15, -0.1) is 0 Å². The Morgan fingerprint density at radius 2 is 1.64 bits per heavy atom. The molecule has 0 saturated carbocycles. The molecule has 25 heavy (non-hydrogen) atoms. The topological polar surface area (TPSA) is 72.0 Å². The van der Waals surface area contributed by atoms with Gasteiger partial charge in [-0.3, -0.25) is 0 Å². The quantitative estimate of drug-likeness (QED) is 0.836. The molecule has 1 aliphatic rings. The normalized spacial score (nSPS) is 20.4. The van der Waals surface area contributed by atoms with Gasteiger partial charge in [0.15, 0.2) is 0 Å². The number of sulfonamides is 1. The van der Waals surface area contributed by atoms with Gasteiger partial charge in [-0.2, -0.15) is 0 Å². The van der Waals surface area contributed by atoms with E-state index in [9.17, 15) is 8.42 Å². The van der Waals surface area contributed by atoms with Crippen LogP contribution in [0.1, 0.15) is 58.6 Å². The van der Waals surface area contributed by atoms with Crippen molar-refractivity contribution in [3.05, 3.63) is 23.3 Å². The third-order valence-corrected chi connectivity index (χ3v) is 6.34. The Labute approximate surface area is 152 Å². The van der Waals surface area contributed by atoms with Crippen LogP contribution in [0.25, 0.3) is 0 Å². The number of quaternary nitrogens is 1. The third-order valence-electron chi connectivity index (χ3n) is 4.80. The van der Waals surface area contributed by atoms with Crippen LogP contribution in [0.4, 0.5) is 0 Å².